The summed E-state index contributed by atoms with van der Waals surface area (Å²) in [5, 5.41) is 3.97. The molecule has 0 N–H and O–H groups in total. The molecule has 4 nitrogen and oxygen atoms in total. The Morgan fingerprint density at radius 1 is 0.917 bits per heavy atom. The second kappa shape index (κ2) is 6.61. The van der Waals surface area contributed by atoms with Crippen molar-refractivity contribution in [2.24, 2.45) is 5.16 Å². The minimum Gasteiger partial charge on any atom is -0.264 e. The Labute approximate surface area is 142 Å². The molecular formula is C19H19NO3S. The number of rotatable bonds is 4. The molecule has 3 rings (SSSR count). The van der Waals surface area contributed by atoms with Gasteiger partial charge >= 0.3 is 10.1 Å². The Balaban J connectivity index is 1.87. The number of benzene rings is 2. The molecule has 1 aliphatic carbocycles. The van der Waals surface area contributed by atoms with E-state index in [1.54, 1.807) is 12.1 Å². The highest BCUT2D eigenvalue weighted by molar-refractivity contribution is 7.86. The van der Waals surface area contributed by atoms with Crippen LogP contribution in [-0.4, -0.2) is 14.1 Å². The van der Waals surface area contributed by atoms with Gasteiger partial charge in [-0.2, -0.15) is 8.42 Å². The first-order valence-corrected chi connectivity index (χ1v) is 9.21. The summed E-state index contributed by atoms with van der Waals surface area (Å²) >= 11 is 0. The van der Waals surface area contributed by atoms with E-state index in [1.807, 2.05) is 44.2 Å². The van der Waals surface area contributed by atoms with Crippen molar-refractivity contribution in [1.29, 1.82) is 0 Å². The van der Waals surface area contributed by atoms with Gasteiger partial charge in [0.05, 0.1) is 5.71 Å². The maximum Gasteiger partial charge on any atom is 0.358 e. The number of oxime groups is 1. The molecule has 0 spiro atoms. The third-order valence-electron chi connectivity index (χ3n) is 4.07. The highest BCUT2D eigenvalue weighted by Gasteiger charge is 2.22. The molecule has 0 amide bonds. The molecule has 5 heteroatoms. The minimum absolute atomic E-state index is 0.109. The van der Waals surface area contributed by atoms with Crippen LogP contribution in [0, 0.1) is 6.92 Å². The van der Waals surface area contributed by atoms with Gasteiger partial charge in [-0.1, -0.05) is 58.8 Å². The van der Waals surface area contributed by atoms with Gasteiger partial charge in [-0.25, -0.2) is 0 Å². The smallest absolute Gasteiger partial charge is 0.264 e. The van der Waals surface area contributed by atoms with Crippen LogP contribution in [0.25, 0.3) is 5.57 Å². The van der Waals surface area contributed by atoms with Crippen LogP contribution in [0.1, 0.15) is 30.9 Å². The number of hydrogen-bond acceptors (Lipinski definition) is 4. The highest BCUT2D eigenvalue weighted by Crippen LogP contribution is 2.32. The normalized spacial score (nSPS) is 16.7. The summed E-state index contributed by atoms with van der Waals surface area (Å²) in [6, 6.07) is 16.4. The molecule has 1 aliphatic rings. The van der Waals surface area contributed by atoms with Gasteiger partial charge in [0.15, 0.2) is 0 Å². The van der Waals surface area contributed by atoms with E-state index >= 15 is 0 Å². The Morgan fingerprint density at radius 2 is 1.58 bits per heavy atom. The van der Waals surface area contributed by atoms with Gasteiger partial charge < -0.3 is 0 Å². The van der Waals surface area contributed by atoms with E-state index in [2.05, 4.69) is 5.16 Å². The molecule has 0 unspecified atom stereocenters. The molecule has 0 atom stereocenters. The molecule has 2 aromatic carbocycles. The van der Waals surface area contributed by atoms with Crippen molar-refractivity contribution in [3.63, 3.8) is 0 Å². The fourth-order valence-electron chi connectivity index (χ4n) is 2.75. The van der Waals surface area contributed by atoms with Crippen LogP contribution in [0.4, 0.5) is 0 Å². The van der Waals surface area contributed by atoms with Crippen LogP contribution in [0.2, 0.25) is 0 Å². The number of nitrogens with zero attached hydrogens (tertiary/aromatic N) is 1. The quantitative estimate of drug-likeness (QED) is 0.778. The summed E-state index contributed by atoms with van der Waals surface area (Å²) in [6.45, 7) is 3.94. The lowest BCUT2D eigenvalue weighted by molar-refractivity contribution is 0.338. The van der Waals surface area contributed by atoms with Gasteiger partial charge in [0.25, 0.3) is 0 Å². The standard InChI is InChI=1S/C19H19NO3S/c1-14-8-11-17(12-9-14)24(21,22)23-20-18-13-10-15(2)19(18)16-6-4-3-5-7-16/h3-9,11-12H,10,13H2,1-2H3. The second-order valence-electron chi connectivity index (χ2n) is 5.90. The topological polar surface area (TPSA) is 55.7 Å². The van der Waals surface area contributed by atoms with Crippen molar-refractivity contribution in [3.8, 4) is 0 Å². The SMILES string of the molecule is CC1=C(c2ccccc2)C(=NOS(=O)(=O)c2ccc(C)cc2)CC1. The van der Waals surface area contributed by atoms with Crippen molar-refractivity contribution in [3.05, 3.63) is 71.3 Å². The van der Waals surface area contributed by atoms with Gasteiger partial charge in [0.2, 0.25) is 0 Å². The first kappa shape index (κ1) is 16.5. The Bertz CT molecular complexity index is 895. The van der Waals surface area contributed by atoms with Gasteiger partial charge in [0, 0.05) is 5.57 Å². The fraction of sp³-hybridized carbons (Fsp3) is 0.211. The summed E-state index contributed by atoms with van der Waals surface area (Å²) < 4.78 is 29.5. The van der Waals surface area contributed by atoms with Gasteiger partial charge in [-0.05, 0) is 44.4 Å². The van der Waals surface area contributed by atoms with Crippen LogP contribution < -0.4 is 0 Å². The summed E-state index contributed by atoms with van der Waals surface area (Å²) in [6.07, 6.45) is 1.54. The first-order chi connectivity index (χ1) is 11.5. The molecule has 24 heavy (non-hydrogen) atoms. The van der Waals surface area contributed by atoms with Crippen LogP contribution in [-0.2, 0) is 14.4 Å². The molecule has 0 heterocycles. The lowest BCUT2D eigenvalue weighted by Gasteiger charge is -2.07. The zero-order valence-electron chi connectivity index (χ0n) is 13.7. The van der Waals surface area contributed by atoms with Crippen molar-refractivity contribution in [2.45, 2.75) is 31.6 Å². The molecule has 0 aromatic heterocycles. The van der Waals surface area contributed by atoms with Crippen molar-refractivity contribution < 1.29 is 12.7 Å². The van der Waals surface area contributed by atoms with E-state index < -0.39 is 10.1 Å². The molecule has 0 bridgehead atoms. The molecule has 0 saturated heterocycles. The maximum atomic E-state index is 12.3. The molecule has 0 fully saturated rings. The first-order valence-electron chi connectivity index (χ1n) is 7.80. The predicted molar refractivity (Wildman–Crippen MR) is 95.2 cm³/mol. The second-order valence-corrected chi connectivity index (χ2v) is 7.43. The fourth-order valence-corrected chi connectivity index (χ4v) is 3.50. The summed E-state index contributed by atoms with van der Waals surface area (Å²) in [4.78, 5) is 0.109. The maximum absolute atomic E-state index is 12.3. The van der Waals surface area contributed by atoms with E-state index in [0.717, 1.165) is 23.1 Å². The molecule has 2 aromatic rings. The van der Waals surface area contributed by atoms with Gasteiger partial charge in [-0.15, -0.1) is 0 Å². The summed E-state index contributed by atoms with van der Waals surface area (Å²) in [5.41, 5.74) is 4.86. The highest BCUT2D eigenvalue weighted by atomic mass is 32.2. The van der Waals surface area contributed by atoms with Gasteiger partial charge in [-0.3, -0.25) is 4.28 Å². The largest absolute Gasteiger partial charge is 0.358 e. The van der Waals surface area contributed by atoms with Crippen molar-refractivity contribution >= 4 is 21.4 Å². The zero-order valence-corrected chi connectivity index (χ0v) is 14.5. The monoisotopic (exact) mass is 341 g/mol. The van der Waals surface area contributed by atoms with E-state index in [0.29, 0.717) is 12.1 Å². The summed E-state index contributed by atoms with van der Waals surface area (Å²) in [5.74, 6) is 0. The third-order valence-corrected chi connectivity index (χ3v) is 5.19. The van der Waals surface area contributed by atoms with Gasteiger partial charge in [0.1, 0.15) is 4.90 Å². The molecule has 0 aliphatic heterocycles. The van der Waals surface area contributed by atoms with E-state index in [4.69, 9.17) is 4.28 Å². The van der Waals surface area contributed by atoms with E-state index in [9.17, 15) is 8.42 Å². The van der Waals surface area contributed by atoms with E-state index in [-0.39, 0.29) is 4.90 Å². The predicted octanol–water partition coefficient (Wildman–Crippen LogP) is 4.32. The Hall–Kier alpha value is -2.40. The van der Waals surface area contributed by atoms with Crippen LogP contribution in [0.5, 0.6) is 0 Å². The Kier molecular flexibility index (Phi) is 4.53. The number of hydrogen-bond donors (Lipinski definition) is 0. The third kappa shape index (κ3) is 3.41. The number of aryl methyl sites for hydroxylation is 1. The minimum atomic E-state index is -3.90. The van der Waals surface area contributed by atoms with Crippen LogP contribution in [0.3, 0.4) is 0 Å². The Morgan fingerprint density at radius 3 is 2.25 bits per heavy atom. The molecule has 0 radical (unpaired) electrons. The summed E-state index contributed by atoms with van der Waals surface area (Å²) in [7, 11) is -3.90. The molecule has 0 saturated carbocycles. The number of allylic oxidation sites excluding steroid dienone is 2. The lowest BCUT2D eigenvalue weighted by atomic mass is 10.0. The van der Waals surface area contributed by atoms with E-state index in [1.165, 1.54) is 17.7 Å². The molecular weight excluding hydrogens is 322 g/mol. The zero-order chi connectivity index (χ0) is 17.2. The molecule has 124 valence electrons. The van der Waals surface area contributed by atoms with Crippen LogP contribution >= 0.6 is 0 Å². The van der Waals surface area contributed by atoms with Crippen molar-refractivity contribution in [1.82, 2.24) is 0 Å². The average Bonchev–Trinajstić information content (AvgIpc) is 2.95. The average molecular weight is 341 g/mol. The van der Waals surface area contributed by atoms with Crippen LogP contribution in [0.15, 0.2) is 70.2 Å². The van der Waals surface area contributed by atoms with Crippen molar-refractivity contribution in [2.75, 3.05) is 0 Å². The lowest BCUT2D eigenvalue weighted by Crippen LogP contribution is -2.06.